The number of hydrogen-bond donors (Lipinski definition) is 1. The van der Waals surface area contributed by atoms with Crippen LogP contribution in [0.2, 0.25) is 0 Å². The number of piperazine rings is 1. The minimum atomic E-state index is 0. The predicted octanol–water partition coefficient (Wildman–Crippen LogP) is 2.83. The Morgan fingerprint density at radius 2 is 2.19 bits per heavy atom. The largest absolute Gasteiger partial charge is 0.336 e. The van der Waals surface area contributed by atoms with Crippen LogP contribution in [0.1, 0.15) is 48.2 Å². The molecule has 0 bridgehead atoms. The van der Waals surface area contributed by atoms with E-state index in [0.717, 1.165) is 38.3 Å². The second-order valence-corrected chi connectivity index (χ2v) is 7.20. The molecule has 4 rings (SSSR count). The fourth-order valence-corrected chi connectivity index (χ4v) is 4.33. The molecule has 1 N–H and O–H groups in total. The van der Waals surface area contributed by atoms with Crippen molar-refractivity contribution in [2.24, 2.45) is 7.05 Å². The van der Waals surface area contributed by atoms with Crippen LogP contribution in [0.15, 0.2) is 36.7 Å². The zero-order chi connectivity index (χ0) is 17.2. The standard InChI is InChI=1S/C20H26N4O.ClH/c1-23-11-10-22-20(23)18-14-21-9-12-24(18)19(25)13-16-7-4-6-15-5-2-3-8-17(15)16;/h2-3,5,8,10-11,16,18,21H,4,6-7,9,12-14H2,1H3;1H. The van der Waals surface area contributed by atoms with Crippen LogP contribution in [0.5, 0.6) is 0 Å². The van der Waals surface area contributed by atoms with Crippen LogP contribution in [-0.4, -0.2) is 40.0 Å². The highest BCUT2D eigenvalue weighted by molar-refractivity contribution is 5.85. The Hall–Kier alpha value is -1.85. The Morgan fingerprint density at radius 1 is 1.35 bits per heavy atom. The van der Waals surface area contributed by atoms with Gasteiger partial charge >= 0.3 is 0 Å². The molecule has 1 aliphatic carbocycles. The van der Waals surface area contributed by atoms with Gasteiger partial charge in [-0.2, -0.15) is 0 Å². The average Bonchev–Trinajstić information content (AvgIpc) is 3.08. The highest BCUT2D eigenvalue weighted by atomic mass is 35.5. The minimum Gasteiger partial charge on any atom is -0.336 e. The molecule has 2 aliphatic rings. The van der Waals surface area contributed by atoms with Crippen LogP contribution < -0.4 is 5.32 Å². The van der Waals surface area contributed by atoms with Gasteiger partial charge in [0.05, 0.1) is 0 Å². The quantitative estimate of drug-likeness (QED) is 0.898. The van der Waals surface area contributed by atoms with E-state index in [-0.39, 0.29) is 24.4 Å². The van der Waals surface area contributed by atoms with Gasteiger partial charge in [0.1, 0.15) is 11.9 Å². The summed E-state index contributed by atoms with van der Waals surface area (Å²) in [5.41, 5.74) is 2.80. The van der Waals surface area contributed by atoms with Crippen molar-refractivity contribution >= 4 is 18.3 Å². The molecule has 6 heteroatoms. The molecule has 1 saturated heterocycles. The van der Waals surface area contributed by atoms with Crippen molar-refractivity contribution in [3.63, 3.8) is 0 Å². The summed E-state index contributed by atoms with van der Waals surface area (Å²) in [7, 11) is 2.00. The third-order valence-electron chi connectivity index (χ3n) is 5.63. The van der Waals surface area contributed by atoms with Gasteiger partial charge in [-0.15, -0.1) is 12.4 Å². The molecule has 1 fully saturated rings. The molecule has 26 heavy (non-hydrogen) atoms. The number of benzene rings is 1. The second kappa shape index (κ2) is 8.23. The van der Waals surface area contributed by atoms with Gasteiger partial charge in [-0.1, -0.05) is 24.3 Å². The zero-order valence-electron chi connectivity index (χ0n) is 15.2. The summed E-state index contributed by atoms with van der Waals surface area (Å²) in [6.07, 6.45) is 7.80. The van der Waals surface area contributed by atoms with Crippen molar-refractivity contribution in [3.05, 3.63) is 53.6 Å². The summed E-state index contributed by atoms with van der Waals surface area (Å²) >= 11 is 0. The Balaban J connectivity index is 0.00000196. The topological polar surface area (TPSA) is 50.2 Å². The summed E-state index contributed by atoms with van der Waals surface area (Å²) < 4.78 is 2.02. The molecular weight excluding hydrogens is 348 g/mol. The first-order valence-corrected chi connectivity index (χ1v) is 9.29. The molecule has 1 aromatic heterocycles. The van der Waals surface area contributed by atoms with E-state index in [0.29, 0.717) is 12.3 Å². The third kappa shape index (κ3) is 3.64. The smallest absolute Gasteiger partial charge is 0.223 e. The maximum Gasteiger partial charge on any atom is 0.223 e. The van der Waals surface area contributed by atoms with Gasteiger partial charge in [0.25, 0.3) is 0 Å². The van der Waals surface area contributed by atoms with E-state index in [9.17, 15) is 4.79 Å². The second-order valence-electron chi connectivity index (χ2n) is 7.20. The highest BCUT2D eigenvalue weighted by Crippen LogP contribution is 2.35. The number of imidazole rings is 1. The van der Waals surface area contributed by atoms with Gasteiger partial charge in [-0.05, 0) is 36.3 Å². The summed E-state index contributed by atoms with van der Waals surface area (Å²) in [6.45, 7) is 2.39. The number of carbonyl (C=O) groups is 1. The fourth-order valence-electron chi connectivity index (χ4n) is 4.33. The van der Waals surface area contributed by atoms with E-state index in [1.165, 1.54) is 17.5 Å². The molecule has 1 aliphatic heterocycles. The summed E-state index contributed by atoms with van der Waals surface area (Å²) in [5, 5.41) is 3.41. The first-order valence-electron chi connectivity index (χ1n) is 9.29. The van der Waals surface area contributed by atoms with Crippen LogP contribution in [-0.2, 0) is 18.3 Å². The molecule has 0 radical (unpaired) electrons. The lowest BCUT2D eigenvalue weighted by Gasteiger charge is -2.37. The van der Waals surface area contributed by atoms with Crippen molar-refractivity contribution in [2.75, 3.05) is 19.6 Å². The molecule has 1 aromatic carbocycles. The first kappa shape index (κ1) is 18.9. The molecular formula is C20H27ClN4O. The van der Waals surface area contributed by atoms with E-state index >= 15 is 0 Å². The van der Waals surface area contributed by atoms with Crippen LogP contribution in [0.3, 0.4) is 0 Å². The highest BCUT2D eigenvalue weighted by Gasteiger charge is 2.32. The van der Waals surface area contributed by atoms with E-state index < -0.39 is 0 Å². The normalized spacial score (nSPS) is 22.4. The number of rotatable bonds is 3. The number of amides is 1. The number of nitrogens with one attached hydrogen (secondary N) is 1. The number of halogens is 1. The van der Waals surface area contributed by atoms with Crippen LogP contribution in [0.4, 0.5) is 0 Å². The maximum absolute atomic E-state index is 13.2. The van der Waals surface area contributed by atoms with E-state index in [1.54, 1.807) is 0 Å². The van der Waals surface area contributed by atoms with Crippen molar-refractivity contribution in [1.29, 1.82) is 0 Å². The van der Waals surface area contributed by atoms with E-state index in [2.05, 4.69) is 34.6 Å². The lowest BCUT2D eigenvalue weighted by atomic mass is 9.81. The average molecular weight is 375 g/mol. The van der Waals surface area contributed by atoms with Gasteiger partial charge in [0.2, 0.25) is 5.91 Å². The van der Waals surface area contributed by atoms with Crippen LogP contribution in [0.25, 0.3) is 0 Å². The Kier molecular flexibility index (Phi) is 5.99. The number of aromatic nitrogens is 2. The van der Waals surface area contributed by atoms with Gasteiger partial charge in [0.15, 0.2) is 0 Å². The molecule has 1 amide bonds. The van der Waals surface area contributed by atoms with Crippen LogP contribution >= 0.6 is 12.4 Å². The lowest BCUT2D eigenvalue weighted by Crippen LogP contribution is -2.49. The third-order valence-corrected chi connectivity index (χ3v) is 5.63. The van der Waals surface area contributed by atoms with Crippen LogP contribution in [0, 0.1) is 0 Å². The van der Waals surface area contributed by atoms with E-state index in [1.807, 2.05) is 28.9 Å². The Bertz CT molecular complexity index is 760. The van der Waals surface area contributed by atoms with Crippen molar-refractivity contribution in [3.8, 4) is 0 Å². The molecule has 2 aromatic rings. The number of fused-ring (bicyclic) bond motifs is 1. The zero-order valence-corrected chi connectivity index (χ0v) is 16.0. The molecule has 0 saturated carbocycles. The summed E-state index contributed by atoms with van der Waals surface area (Å²) in [6, 6.07) is 8.66. The first-order chi connectivity index (χ1) is 12.2. The summed E-state index contributed by atoms with van der Waals surface area (Å²) in [5.74, 6) is 1.58. The van der Waals surface area contributed by atoms with Gasteiger partial charge in [-0.25, -0.2) is 4.98 Å². The maximum atomic E-state index is 13.2. The van der Waals surface area contributed by atoms with Crippen molar-refractivity contribution in [2.45, 2.75) is 37.6 Å². The van der Waals surface area contributed by atoms with Gasteiger partial charge < -0.3 is 14.8 Å². The molecule has 0 spiro atoms. The number of aryl methyl sites for hydroxylation is 2. The predicted molar refractivity (Wildman–Crippen MR) is 105 cm³/mol. The molecule has 140 valence electrons. The molecule has 2 atom stereocenters. The fraction of sp³-hybridized carbons (Fsp3) is 0.500. The van der Waals surface area contributed by atoms with E-state index in [4.69, 9.17) is 0 Å². The van der Waals surface area contributed by atoms with Crippen molar-refractivity contribution in [1.82, 2.24) is 19.8 Å². The molecule has 5 nitrogen and oxygen atoms in total. The number of hydrogen-bond acceptors (Lipinski definition) is 3. The number of carbonyl (C=O) groups excluding carboxylic acids is 1. The van der Waals surface area contributed by atoms with Crippen molar-refractivity contribution < 1.29 is 4.79 Å². The SMILES string of the molecule is Cl.Cn1ccnc1C1CNCCN1C(=O)CC1CCCc2ccccc21. The monoisotopic (exact) mass is 374 g/mol. The summed E-state index contributed by atoms with van der Waals surface area (Å²) in [4.78, 5) is 19.7. The minimum absolute atomic E-state index is 0. The lowest BCUT2D eigenvalue weighted by molar-refractivity contribution is -0.135. The molecule has 2 unspecified atom stereocenters. The number of nitrogens with zero attached hydrogens (tertiary/aromatic N) is 3. The Morgan fingerprint density at radius 3 is 3.00 bits per heavy atom. The Labute approximate surface area is 161 Å². The van der Waals surface area contributed by atoms with Gasteiger partial charge in [0, 0.05) is 45.5 Å². The van der Waals surface area contributed by atoms with Gasteiger partial charge in [-0.3, -0.25) is 4.79 Å². The molecule has 2 heterocycles.